The van der Waals surface area contributed by atoms with E-state index >= 15 is 0 Å². The number of aliphatic carboxylic acids is 1. The SMILES string of the molecule is CCC1(C(=O)O)CCCN1c1ccc([N+](=O)[O-])cc1Br. The van der Waals surface area contributed by atoms with Crippen molar-refractivity contribution in [2.45, 2.75) is 31.7 Å². The molecule has 1 fully saturated rings. The van der Waals surface area contributed by atoms with Gasteiger partial charge < -0.3 is 10.0 Å². The molecule has 2 rings (SSSR count). The minimum atomic E-state index is -0.918. The molecular formula is C13H15BrN2O4. The van der Waals surface area contributed by atoms with E-state index in [0.717, 1.165) is 6.42 Å². The van der Waals surface area contributed by atoms with Gasteiger partial charge in [0.1, 0.15) is 5.54 Å². The average molecular weight is 343 g/mol. The van der Waals surface area contributed by atoms with Crippen LogP contribution in [0.2, 0.25) is 0 Å². The Hall–Kier alpha value is -1.63. The molecule has 20 heavy (non-hydrogen) atoms. The largest absolute Gasteiger partial charge is 0.479 e. The molecule has 0 radical (unpaired) electrons. The molecule has 1 aromatic rings. The van der Waals surface area contributed by atoms with Crippen molar-refractivity contribution in [1.82, 2.24) is 0 Å². The van der Waals surface area contributed by atoms with Crippen LogP contribution < -0.4 is 4.90 Å². The molecule has 0 saturated carbocycles. The predicted molar refractivity (Wildman–Crippen MR) is 78.0 cm³/mol. The van der Waals surface area contributed by atoms with E-state index in [1.54, 1.807) is 6.07 Å². The monoisotopic (exact) mass is 342 g/mol. The maximum Gasteiger partial charge on any atom is 0.329 e. The van der Waals surface area contributed by atoms with Crippen LogP contribution in [0.4, 0.5) is 11.4 Å². The highest BCUT2D eigenvalue weighted by molar-refractivity contribution is 9.10. The van der Waals surface area contributed by atoms with Crippen LogP contribution in [0.5, 0.6) is 0 Å². The first-order chi connectivity index (χ1) is 9.42. The van der Waals surface area contributed by atoms with Gasteiger partial charge in [-0.2, -0.15) is 0 Å². The lowest BCUT2D eigenvalue weighted by atomic mass is 9.92. The molecule has 7 heteroatoms. The third kappa shape index (κ3) is 2.26. The molecule has 1 aromatic carbocycles. The third-order valence-electron chi connectivity index (χ3n) is 3.90. The Morgan fingerprint density at radius 1 is 1.60 bits per heavy atom. The summed E-state index contributed by atoms with van der Waals surface area (Å²) in [4.78, 5) is 23.8. The summed E-state index contributed by atoms with van der Waals surface area (Å²) in [7, 11) is 0. The molecule has 0 aromatic heterocycles. The number of nitro groups is 1. The average Bonchev–Trinajstić information content (AvgIpc) is 2.83. The van der Waals surface area contributed by atoms with Gasteiger partial charge in [-0.15, -0.1) is 0 Å². The highest BCUT2D eigenvalue weighted by atomic mass is 79.9. The molecule has 0 amide bonds. The van der Waals surface area contributed by atoms with Gasteiger partial charge in [-0.1, -0.05) is 6.92 Å². The molecule has 1 heterocycles. The number of non-ortho nitro benzene ring substituents is 1. The van der Waals surface area contributed by atoms with Gasteiger partial charge in [0.2, 0.25) is 0 Å². The third-order valence-corrected chi connectivity index (χ3v) is 4.54. The number of carboxylic acids is 1. The van der Waals surface area contributed by atoms with E-state index in [1.165, 1.54) is 12.1 Å². The summed E-state index contributed by atoms with van der Waals surface area (Å²) in [6, 6.07) is 4.43. The molecule has 1 aliphatic rings. The second-order valence-electron chi connectivity index (χ2n) is 4.84. The van der Waals surface area contributed by atoms with Crippen LogP contribution in [0.1, 0.15) is 26.2 Å². The number of nitro benzene ring substituents is 1. The maximum atomic E-state index is 11.7. The van der Waals surface area contributed by atoms with E-state index in [2.05, 4.69) is 15.9 Å². The van der Waals surface area contributed by atoms with Gasteiger partial charge in [0.05, 0.1) is 10.6 Å². The van der Waals surface area contributed by atoms with Crippen LogP contribution in [-0.4, -0.2) is 28.1 Å². The number of rotatable bonds is 4. The van der Waals surface area contributed by atoms with Gasteiger partial charge in [0, 0.05) is 23.2 Å². The molecule has 6 nitrogen and oxygen atoms in total. The van der Waals surface area contributed by atoms with Crippen molar-refractivity contribution in [2.24, 2.45) is 0 Å². The maximum absolute atomic E-state index is 11.7. The zero-order chi connectivity index (χ0) is 14.9. The van der Waals surface area contributed by atoms with Gasteiger partial charge in [0.25, 0.3) is 5.69 Å². The topological polar surface area (TPSA) is 83.7 Å². The van der Waals surface area contributed by atoms with Gasteiger partial charge in [-0.3, -0.25) is 10.1 Å². The van der Waals surface area contributed by atoms with E-state index < -0.39 is 16.4 Å². The quantitative estimate of drug-likeness (QED) is 0.670. The first-order valence-corrected chi connectivity index (χ1v) is 7.16. The van der Waals surface area contributed by atoms with Crippen LogP contribution in [-0.2, 0) is 4.79 Å². The molecule has 1 N–H and O–H groups in total. The van der Waals surface area contributed by atoms with Crippen LogP contribution >= 0.6 is 15.9 Å². The molecule has 0 bridgehead atoms. The number of anilines is 1. The van der Waals surface area contributed by atoms with Crippen molar-refractivity contribution in [3.63, 3.8) is 0 Å². The summed E-state index contributed by atoms with van der Waals surface area (Å²) in [5.74, 6) is -0.845. The molecule has 1 atom stereocenters. The molecule has 108 valence electrons. The van der Waals surface area contributed by atoms with E-state index in [9.17, 15) is 20.0 Å². The van der Waals surface area contributed by atoms with E-state index in [-0.39, 0.29) is 5.69 Å². The predicted octanol–water partition coefficient (Wildman–Crippen LogP) is 3.19. The fraction of sp³-hybridized carbons (Fsp3) is 0.462. The minimum absolute atomic E-state index is 0.0164. The first-order valence-electron chi connectivity index (χ1n) is 6.37. The molecular weight excluding hydrogens is 328 g/mol. The second kappa shape index (κ2) is 5.40. The van der Waals surface area contributed by atoms with E-state index in [4.69, 9.17) is 0 Å². The van der Waals surface area contributed by atoms with E-state index in [1.807, 2.05) is 11.8 Å². The molecule has 0 spiro atoms. The number of hydrogen-bond donors (Lipinski definition) is 1. The standard InChI is InChI=1S/C13H15BrN2O4/c1-2-13(12(17)18)6-3-7-15(13)11-5-4-9(16(19)20)8-10(11)14/h4-5,8H,2-3,6-7H2,1H3,(H,17,18). The fourth-order valence-electron chi connectivity index (χ4n) is 2.80. The second-order valence-corrected chi connectivity index (χ2v) is 5.69. The Morgan fingerprint density at radius 3 is 2.80 bits per heavy atom. The fourth-order valence-corrected chi connectivity index (χ4v) is 3.38. The Labute approximate surface area is 124 Å². The summed E-state index contributed by atoms with van der Waals surface area (Å²) in [5, 5.41) is 20.3. The Morgan fingerprint density at radius 2 is 2.30 bits per heavy atom. The van der Waals surface area contributed by atoms with Crippen molar-refractivity contribution >= 4 is 33.3 Å². The van der Waals surface area contributed by atoms with Crippen LogP contribution in [0.15, 0.2) is 22.7 Å². The lowest BCUT2D eigenvalue weighted by Gasteiger charge is -2.36. The smallest absolute Gasteiger partial charge is 0.329 e. The normalized spacial score (nSPS) is 22.0. The summed E-state index contributed by atoms with van der Waals surface area (Å²) >= 11 is 3.32. The molecule has 1 aliphatic heterocycles. The van der Waals surface area contributed by atoms with Crippen LogP contribution in [0, 0.1) is 10.1 Å². The first kappa shape index (κ1) is 14.8. The van der Waals surface area contributed by atoms with Gasteiger partial charge in [-0.05, 0) is 41.3 Å². The zero-order valence-electron chi connectivity index (χ0n) is 11.0. The number of benzene rings is 1. The van der Waals surface area contributed by atoms with Gasteiger partial charge in [-0.25, -0.2) is 4.79 Å². The van der Waals surface area contributed by atoms with Gasteiger partial charge >= 0.3 is 5.97 Å². The Balaban J connectivity index is 2.45. The lowest BCUT2D eigenvalue weighted by molar-refractivity contribution is -0.384. The highest BCUT2D eigenvalue weighted by Crippen LogP contribution is 2.41. The zero-order valence-corrected chi connectivity index (χ0v) is 12.6. The van der Waals surface area contributed by atoms with Gasteiger partial charge in [0.15, 0.2) is 0 Å². The lowest BCUT2D eigenvalue weighted by Crippen LogP contribution is -2.50. The van der Waals surface area contributed by atoms with Crippen molar-refractivity contribution in [1.29, 1.82) is 0 Å². The Kier molecular flexibility index (Phi) is 3.99. The van der Waals surface area contributed by atoms with Crippen LogP contribution in [0.25, 0.3) is 0 Å². The molecule has 1 saturated heterocycles. The highest BCUT2D eigenvalue weighted by Gasteiger charge is 2.46. The molecule has 0 aliphatic carbocycles. The minimum Gasteiger partial charge on any atom is -0.479 e. The number of halogens is 1. The van der Waals surface area contributed by atoms with Crippen molar-refractivity contribution < 1.29 is 14.8 Å². The van der Waals surface area contributed by atoms with E-state index in [0.29, 0.717) is 29.5 Å². The van der Waals surface area contributed by atoms with Crippen molar-refractivity contribution in [3.8, 4) is 0 Å². The van der Waals surface area contributed by atoms with Crippen molar-refractivity contribution in [3.05, 3.63) is 32.8 Å². The van der Waals surface area contributed by atoms with Crippen LogP contribution in [0.3, 0.4) is 0 Å². The summed E-state index contributed by atoms with van der Waals surface area (Å²) < 4.78 is 0.549. The number of carboxylic acid groups (broad SMARTS) is 1. The molecule has 1 unspecified atom stereocenters. The summed E-state index contributed by atoms with van der Waals surface area (Å²) in [6.45, 7) is 2.49. The van der Waals surface area contributed by atoms with Crippen molar-refractivity contribution in [2.75, 3.05) is 11.4 Å². The summed E-state index contributed by atoms with van der Waals surface area (Å²) in [5.41, 5.74) is -0.242. The Bertz CT molecular complexity index is 563. The number of nitrogens with zero attached hydrogens (tertiary/aromatic N) is 2. The number of carbonyl (C=O) groups is 1. The number of hydrogen-bond acceptors (Lipinski definition) is 4. The summed E-state index contributed by atoms with van der Waals surface area (Å²) in [6.07, 6.45) is 1.87.